The second-order valence-electron chi connectivity index (χ2n) is 6.96. The Hall–Kier alpha value is -2.37. The Kier molecular flexibility index (Phi) is 4.21. The first kappa shape index (κ1) is 17.1. The van der Waals surface area contributed by atoms with Gasteiger partial charge >= 0.3 is 0 Å². The molecule has 2 N–H and O–H groups in total. The van der Waals surface area contributed by atoms with Gasteiger partial charge in [0.2, 0.25) is 0 Å². The van der Waals surface area contributed by atoms with Crippen LogP contribution in [0.3, 0.4) is 0 Å². The first-order valence-corrected chi connectivity index (χ1v) is 9.08. The Morgan fingerprint density at radius 2 is 2.15 bits per heavy atom. The molecular formula is C20H21ClN4O. The van der Waals surface area contributed by atoms with Gasteiger partial charge in [0.15, 0.2) is 0 Å². The molecule has 0 aliphatic carbocycles. The molecule has 0 bridgehead atoms. The van der Waals surface area contributed by atoms with Crippen molar-refractivity contribution < 1.29 is 0 Å². The molecule has 1 atom stereocenters. The number of anilines is 1. The highest BCUT2D eigenvalue weighted by molar-refractivity contribution is 6.31. The number of aryl methyl sites for hydroxylation is 2. The van der Waals surface area contributed by atoms with E-state index >= 15 is 0 Å². The molecule has 0 unspecified atom stereocenters. The molecule has 1 aliphatic heterocycles. The molecular weight excluding hydrogens is 348 g/mol. The highest BCUT2D eigenvalue weighted by Crippen LogP contribution is 2.38. The summed E-state index contributed by atoms with van der Waals surface area (Å²) in [5.41, 5.74) is 3.52. The Labute approximate surface area is 157 Å². The molecule has 0 spiro atoms. The van der Waals surface area contributed by atoms with Crippen molar-refractivity contribution in [1.82, 2.24) is 14.9 Å². The van der Waals surface area contributed by atoms with Gasteiger partial charge in [0.1, 0.15) is 0 Å². The van der Waals surface area contributed by atoms with Gasteiger partial charge in [0, 0.05) is 29.9 Å². The molecule has 0 saturated carbocycles. The van der Waals surface area contributed by atoms with Gasteiger partial charge < -0.3 is 15.2 Å². The van der Waals surface area contributed by atoms with E-state index in [4.69, 9.17) is 11.6 Å². The zero-order valence-corrected chi connectivity index (χ0v) is 15.6. The van der Waals surface area contributed by atoms with Crippen LogP contribution in [0.1, 0.15) is 17.5 Å². The van der Waals surface area contributed by atoms with Crippen LogP contribution in [0, 0.1) is 6.92 Å². The number of halogens is 1. The van der Waals surface area contributed by atoms with E-state index in [1.54, 1.807) is 13.4 Å². The smallest absolute Gasteiger partial charge is 0.260 e. The zero-order chi connectivity index (χ0) is 18.3. The minimum atomic E-state index is -0.302. The quantitative estimate of drug-likeness (QED) is 0.745. The van der Waals surface area contributed by atoms with Crippen LogP contribution in [0.5, 0.6) is 0 Å². The van der Waals surface area contributed by atoms with E-state index in [0.717, 1.165) is 41.3 Å². The summed E-state index contributed by atoms with van der Waals surface area (Å²) in [5, 5.41) is 8.48. The summed E-state index contributed by atoms with van der Waals surface area (Å²) in [5.74, 6) is 0. The number of hydrogen-bond donors (Lipinski definition) is 2. The maximum Gasteiger partial charge on any atom is 0.260 e. The fraction of sp³-hybridized carbons (Fsp3) is 0.300. The molecule has 1 aliphatic rings. The van der Waals surface area contributed by atoms with Gasteiger partial charge in [-0.1, -0.05) is 23.7 Å². The molecule has 5 nitrogen and oxygen atoms in total. The fourth-order valence-electron chi connectivity index (χ4n) is 3.88. The third kappa shape index (κ3) is 2.77. The Morgan fingerprint density at radius 3 is 2.88 bits per heavy atom. The van der Waals surface area contributed by atoms with Gasteiger partial charge in [-0.25, -0.2) is 4.98 Å². The van der Waals surface area contributed by atoms with E-state index in [9.17, 15) is 4.79 Å². The van der Waals surface area contributed by atoms with E-state index < -0.39 is 0 Å². The lowest BCUT2D eigenvalue weighted by Crippen LogP contribution is -2.38. The molecule has 134 valence electrons. The zero-order valence-electron chi connectivity index (χ0n) is 14.8. The minimum Gasteiger partial charge on any atom is -0.374 e. The summed E-state index contributed by atoms with van der Waals surface area (Å²) in [6.07, 6.45) is 2.47. The third-order valence-electron chi connectivity index (χ3n) is 5.16. The lowest BCUT2D eigenvalue weighted by Gasteiger charge is -2.33. The molecule has 3 aromatic rings. The molecule has 0 amide bonds. The van der Waals surface area contributed by atoms with Crippen LogP contribution in [0.25, 0.3) is 10.9 Å². The number of hydrogen-bond acceptors (Lipinski definition) is 4. The van der Waals surface area contributed by atoms with Crippen molar-refractivity contribution in [3.05, 3.63) is 69.2 Å². The van der Waals surface area contributed by atoms with E-state index in [1.807, 2.05) is 30.3 Å². The van der Waals surface area contributed by atoms with Crippen molar-refractivity contribution in [2.24, 2.45) is 7.05 Å². The van der Waals surface area contributed by atoms with Crippen LogP contribution in [0.15, 0.2) is 47.5 Å². The molecule has 26 heavy (non-hydrogen) atoms. The van der Waals surface area contributed by atoms with Crippen LogP contribution < -0.4 is 16.2 Å². The Balaban J connectivity index is 1.82. The van der Waals surface area contributed by atoms with Crippen LogP contribution in [-0.4, -0.2) is 22.6 Å². The molecule has 0 radical (unpaired) electrons. The van der Waals surface area contributed by atoms with Gasteiger partial charge in [-0.3, -0.25) is 4.79 Å². The van der Waals surface area contributed by atoms with Gasteiger partial charge in [-0.05, 0) is 49.7 Å². The van der Waals surface area contributed by atoms with Gasteiger partial charge in [-0.2, -0.15) is 0 Å². The van der Waals surface area contributed by atoms with E-state index in [0.29, 0.717) is 10.9 Å². The van der Waals surface area contributed by atoms with Crippen LogP contribution in [0.2, 0.25) is 5.02 Å². The number of rotatable bonds is 3. The predicted octanol–water partition coefficient (Wildman–Crippen LogP) is 3.20. The lowest BCUT2D eigenvalue weighted by molar-refractivity contribution is 0.540. The lowest BCUT2D eigenvalue weighted by atomic mass is 9.85. The number of fused-ring (bicyclic) bond motifs is 1. The number of nitrogens with one attached hydrogen (secondary N) is 2. The van der Waals surface area contributed by atoms with Crippen LogP contribution in [-0.2, 0) is 12.6 Å². The molecule has 1 saturated heterocycles. The summed E-state index contributed by atoms with van der Waals surface area (Å²) in [4.78, 5) is 16.8. The monoisotopic (exact) mass is 368 g/mol. The second-order valence-corrected chi connectivity index (χ2v) is 7.37. The Morgan fingerprint density at radius 1 is 1.31 bits per heavy atom. The van der Waals surface area contributed by atoms with Gasteiger partial charge in [0.25, 0.3) is 5.56 Å². The second kappa shape index (κ2) is 6.41. The molecule has 1 aromatic heterocycles. The van der Waals surface area contributed by atoms with Crippen molar-refractivity contribution in [2.45, 2.75) is 18.9 Å². The predicted molar refractivity (Wildman–Crippen MR) is 106 cm³/mol. The molecule has 1 fully saturated rings. The van der Waals surface area contributed by atoms with E-state index in [2.05, 4.69) is 28.6 Å². The van der Waals surface area contributed by atoms with Crippen molar-refractivity contribution in [3.8, 4) is 0 Å². The summed E-state index contributed by atoms with van der Waals surface area (Å²) in [6.45, 7) is 3.78. The normalized spacial score (nSPS) is 19.8. The average molecular weight is 369 g/mol. The third-order valence-corrected chi connectivity index (χ3v) is 5.47. The highest BCUT2D eigenvalue weighted by atomic mass is 35.5. The number of benzene rings is 2. The number of nitrogens with zero attached hydrogens (tertiary/aromatic N) is 2. The van der Waals surface area contributed by atoms with Crippen LogP contribution in [0.4, 0.5) is 5.69 Å². The largest absolute Gasteiger partial charge is 0.374 e. The minimum absolute atomic E-state index is 0.0498. The summed E-state index contributed by atoms with van der Waals surface area (Å²) in [6, 6.07) is 11.7. The van der Waals surface area contributed by atoms with Crippen LogP contribution >= 0.6 is 11.6 Å². The number of aromatic nitrogens is 2. The van der Waals surface area contributed by atoms with Crippen molar-refractivity contribution in [3.63, 3.8) is 0 Å². The molecule has 2 heterocycles. The SMILES string of the molecule is Cc1cccc(Cl)c1[C@@]1(Nc2ccc3ncn(C)c(=O)c3c2)CCNC1. The standard InChI is InChI=1S/C20H21ClN4O/c1-13-4-3-5-16(21)18(13)20(8-9-22-11-20)24-14-6-7-17-15(10-14)19(26)25(2)12-23-17/h3-7,10,12,22,24H,8-9,11H2,1-2H3/t20-/m1/s1. The maximum absolute atomic E-state index is 12.4. The van der Waals surface area contributed by atoms with Crippen molar-refractivity contribution >= 4 is 28.2 Å². The summed E-state index contributed by atoms with van der Waals surface area (Å²) >= 11 is 6.58. The first-order chi connectivity index (χ1) is 12.5. The Bertz CT molecular complexity index is 1020. The van der Waals surface area contributed by atoms with Crippen molar-refractivity contribution in [1.29, 1.82) is 0 Å². The molecule has 4 rings (SSSR count). The highest BCUT2D eigenvalue weighted by Gasteiger charge is 2.38. The summed E-state index contributed by atoms with van der Waals surface area (Å²) < 4.78 is 1.50. The first-order valence-electron chi connectivity index (χ1n) is 8.70. The fourth-order valence-corrected chi connectivity index (χ4v) is 4.28. The maximum atomic E-state index is 12.4. The molecule has 2 aromatic carbocycles. The van der Waals surface area contributed by atoms with Gasteiger partial charge in [0.05, 0.1) is 22.8 Å². The molecule has 6 heteroatoms. The average Bonchev–Trinajstić information content (AvgIpc) is 3.07. The van der Waals surface area contributed by atoms with Gasteiger partial charge in [-0.15, -0.1) is 0 Å². The summed E-state index contributed by atoms with van der Waals surface area (Å²) in [7, 11) is 1.71. The van der Waals surface area contributed by atoms with E-state index in [1.165, 1.54) is 4.57 Å². The topological polar surface area (TPSA) is 59.0 Å². The van der Waals surface area contributed by atoms with Crippen molar-refractivity contribution in [2.75, 3.05) is 18.4 Å². The van der Waals surface area contributed by atoms with E-state index in [-0.39, 0.29) is 11.1 Å².